The van der Waals surface area contributed by atoms with Gasteiger partial charge in [0.2, 0.25) is 0 Å². The highest BCUT2D eigenvalue weighted by molar-refractivity contribution is 6.04. The minimum absolute atomic E-state index is 0.394. The van der Waals surface area contributed by atoms with Gasteiger partial charge in [0.15, 0.2) is 0 Å². The van der Waals surface area contributed by atoms with Crippen LogP contribution in [-0.4, -0.2) is 15.6 Å². The van der Waals surface area contributed by atoms with Crippen molar-refractivity contribution in [2.45, 2.75) is 13.0 Å². The van der Waals surface area contributed by atoms with Crippen molar-refractivity contribution in [2.24, 2.45) is 0 Å². The minimum atomic E-state index is -0.416. The van der Waals surface area contributed by atoms with Crippen LogP contribution in [0.25, 0.3) is 10.9 Å². The summed E-state index contributed by atoms with van der Waals surface area (Å²) < 4.78 is 1.51. The highest BCUT2D eigenvalue weighted by Gasteiger charge is 2.14. The van der Waals surface area contributed by atoms with Gasteiger partial charge in [0, 0.05) is 17.6 Å². The van der Waals surface area contributed by atoms with E-state index in [1.54, 1.807) is 18.2 Å². The number of nitrogens with zero attached hydrogens (tertiary/aromatic N) is 2. The third kappa shape index (κ3) is 4.32. The number of aryl methyl sites for hydroxylation is 1. The van der Waals surface area contributed by atoms with Crippen molar-refractivity contribution in [1.82, 2.24) is 9.55 Å². The molecule has 0 aliphatic rings. The summed E-state index contributed by atoms with van der Waals surface area (Å²) >= 11 is 0. The summed E-state index contributed by atoms with van der Waals surface area (Å²) in [5, 5.41) is 6.35. The molecule has 0 aliphatic heterocycles. The highest BCUT2D eigenvalue weighted by atomic mass is 16.2. The predicted molar refractivity (Wildman–Crippen MR) is 115 cm³/mol. The fourth-order valence-corrected chi connectivity index (χ4v) is 3.20. The lowest BCUT2D eigenvalue weighted by atomic mass is 10.1. The molecular formula is C23H20N4O2. The molecule has 2 N–H and O–H groups in total. The first-order valence-electron chi connectivity index (χ1n) is 9.37. The molecule has 0 saturated heterocycles. The van der Waals surface area contributed by atoms with Crippen LogP contribution in [0.15, 0.2) is 89.7 Å². The summed E-state index contributed by atoms with van der Waals surface area (Å²) in [6, 6.07) is 25.9. The van der Waals surface area contributed by atoms with Crippen molar-refractivity contribution in [3.63, 3.8) is 0 Å². The topological polar surface area (TPSA) is 76.0 Å². The molecule has 3 aromatic carbocycles. The monoisotopic (exact) mass is 384 g/mol. The zero-order chi connectivity index (χ0) is 20.1. The van der Waals surface area contributed by atoms with Gasteiger partial charge in [0.1, 0.15) is 5.82 Å². The highest BCUT2D eigenvalue weighted by Crippen LogP contribution is 2.21. The van der Waals surface area contributed by atoms with Crippen molar-refractivity contribution in [1.29, 1.82) is 0 Å². The first-order valence-corrected chi connectivity index (χ1v) is 9.37. The van der Waals surface area contributed by atoms with Gasteiger partial charge >= 0.3 is 11.7 Å². The van der Waals surface area contributed by atoms with Gasteiger partial charge in [-0.2, -0.15) is 4.98 Å². The molecule has 4 aromatic rings. The number of anilines is 2. The molecule has 0 atom stereocenters. The van der Waals surface area contributed by atoms with Crippen molar-refractivity contribution >= 4 is 28.4 Å². The molecule has 0 fully saturated rings. The molecule has 2 amide bonds. The minimum Gasteiger partial charge on any atom is -0.308 e. The van der Waals surface area contributed by atoms with Crippen LogP contribution in [0.1, 0.15) is 5.56 Å². The Morgan fingerprint density at radius 3 is 2.24 bits per heavy atom. The Balaban J connectivity index is 1.67. The summed E-state index contributed by atoms with van der Waals surface area (Å²) in [5.41, 5.74) is 1.92. The summed E-state index contributed by atoms with van der Waals surface area (Å²) in [4.78, 5) is 29.5. The maximum absolute atomic E-state index is 12.7. The predicted octanol–water partition coefficient (Wildman–Crippen LogP) is 4.28. The molecule has 1 heterocycles. The molecule has 6 nitrogen and oxygen atoms in total. The van der Waals surface area contributed by atoms with Crippen LogP contribution in [0.2, 0.25) is 0 Å². The van der Waals surface area contributed by atoms with Gasteiger partial charge in [-0.15, -0.1) is 0 Å². The normalized spacial score (nSPS) is 10.6. The van der Waals surface area contributed by atoms with E-state index in [4.69, 9.17) is 0 Å². The van der Waals surface area contributed by atoms with E-state index in [9.17, 15) is 9.59 Å². The number of urea groups is 1. The number of benzene rings is 3. The van der Waals surface area contributed by atoms with Crippen LogP contribution < -0.4 is 16.3 Å². The van der Waals surface area contributed by atoms with E-state index in [1.165, 1.54) is 4.57 Å². The smallest absolute Gasteiger partial charge is 0.308 e. The van der Waals surface area contributed by atoms with E-state index >= 15 is 0 Å². The molecule has 144 valence electrons. The van der Waals surface area contributed by atoms with Crippen molar-refractivity contribution in [3.8, 4) is 0 Å². The van der Waals surface area contributed by atoms with E-state index < -0.39 is 11.7 Å². The number of aromatic nitrogens is 2. The Morgan fingerprint density at radius 2 is 1.48 bits per heavy atom. The van der Waals surface area contributed by atoms with Gasteiger partial charge in [-0.25, -0.2) is 9.59 Å². The van der Waals surface area contributed by atoms with Gasteiger partial charge in [0.05, 0.1) is 5.52 Å². The van der Waals surface area contributed by atoms with Crippen LogP contribution in [0, 0.1) is 0 Å². The molecule has 0 bridgehead atoms. The lowest BCUT2D eigenvalue weighted by molar-refractivity contribution is 0.262. The van der Waals surface area contributed by atoms with Gasteiger partial charge in [-0.1, -0.05) is 60.7 Å². The van der Waals surface area contributed by atoms with Crippen molar-refractivity contribution in [2.75, 3.05) is 10.6 Å². The number of carbonyl (C=O) groups is 1. The summed E-state index contributed by atoms with van der Waals surface area (Å²) in [6.45, 7) is 0.404. The van der Waals surface area contributed by atoms with Crippen LogP contribution in [0.3, 0.4) is 0 Å². The zero-order valence-corrected chi connectivity index (χ0v) is 15.7. The average Bonchev–Trinajstić information content (AvgIpc) is 2.74. The lowest BCUT2D eigenvalue weighted by Gasteiger charge is -2.16. The molecule has 0 unspecified atom stereocenters. The first kappa shape index (κ1) is 18.4. The van der Waals surface area contributed by atoms with Gasteiger partial charge in [-0.05, 0) is 36.2 Å². The van der Waals surface area contributed by atoms with E-state index in [0.29, 0.717) is 35.4 Å². The Bertz CT molecular complexity index is 1190. The lowest BCUT2D eigenvalue weighted by Crippen LogP contribution is -2.30. The SMILES string of the molecule is O=C(Nc1ccccc1)Nc1c2ccccc2nc(=O)n1CCc1ccccc1. The van der Waals surface area contributed by atoms with Gasteiger partial charge < -0.3 is 5.32 Å². The van der Waals surface area contributed by atoms with Crippen molar-refractivity contribution in [3.05, 3.63) is 101 Å². The molecule has 29 heavy (non-hydrogen) atoms. The first-order chi connectivity index (χ1) is 14.2. The summed E-state index contributed by atoms with van der Waals surface area (Å²) in [6.07, 6.45) is 0.649. The number of nitrogens with one attached hydrogen (secondary N) is 2. The quantitative estimate of drug-likeness (QED) is 0.539. The Labute approximate surface area is 167 Å². The van der Waals surface area contributed by atoms with Gasteiger partial charge in [0.25, 0.3) is 0 Å². The fourth-order valence-electron chi connectivity index (χ4n) is 3.20. The van der Waals surface area contributed by atoms with E-state index in [1.807, 2.05) is 66.7 Å². The second-order valence-electron chi connectivity index (χ2n) is 6.59. The second kappa shape index (κ2) is 8.39. The van der Waals surface area contributed by atoms with Crippen LogP contribution in [0.4, 0.5) is 16.3 Å². The number of hydrogen-bond donors (Lipinski definition) is 2. The Hall–Kier alpha value is -3.93. The maximum Gasteiger partial charge on any atom is 0.349 e. The number of carbonyl (C=O) groups excluding carboxylic acids is 1. The summed E-state index contributed by atoms with van der Waals surface area (Å²) in [7, 11) is 0. The fraction of sp³-hybridized carbons (Fsp3) is 0.0870. The third-order valence-corrected chi connectivity index (χ3v) is 4.61. The Morgan fingerprint density at radius 1 is 0.828 bits per heavy atom. The molecule has 6 heteroatoms. The molecule has 0 radical (unpaired) electrons. The largest absolute Gasteiger partial charge is 0.349 e. The second-order valence-corrected chi connectivity index (χ2v) is 6.59. The molecule has 0 saturated carbocycles. The van der Waals surface area contributed by atoms with Crippen LogP contribution >= 0.6 is 0 Å². The van der Waals surface area contributed by atoms with E-state index in [-0.39, 0.29) is 0 Å². The van der Waals surface area contributed by atoms with E-state index in [0.717, 1.165) is 5.56 Å². The number of amides is 2. The molecule has 1 aromatic heterocycles. The number of hydrogen-bond acceptors (Lipinski definition) is 3. The number of rotatable bonds is 5. The molecule has 0 aliphatic carbocycles. The van der Waals surface area contributed by atoms with Crippen molar-refractivity contribution < 1.29 is 4.79 Å². The maximum atomic E-state index is 12.7. The standard InChI is InChI=1S/C23H20N4O2/c28-22(24-18-11-5-2-6-12-18)26-21-19-13-7-8-14-20(19)25-23(29)27(21)16-15-17-9-3-1-4-10-17/h1-14H,15-16H2,(H2,24,26,28). The molecule has 0 spiro atoms. The van der Waals surface area contributed by atoms with E-state index in [2.05, 4.69) is 15.6 Å². The third-order valence-electron chi connectivity index (χ3n) is 4.61. The molecular weight excluding hydrogens is 364 g/mol. The van der Waals surface area contributed by atoms with Crippen LogP contribution in [-0.2, 0) is 13.0 Å². The zero-order valence-electron chi connectivity index (χ0n) is 15.7. The van der Waals surface area contributed by atoms with Gasteiger partial charge in [-0.3, -0.25) is 9.88 Å². The Kier molecular flexibility index (Phi) is 5.33. The molecule has 4 rings (SSSR count). The average molecular weight is 384 g/mol. The summed E-state index contributed by atoms with van der Waals surface area (Å²) in [5.74, 6) is 0.435. The number of fused-ring (bicyclic) bond motifs is 1. The van der Waals surface area contributed by atoms with Crippen LogP contribution in [0.5, 0.6) is 0 Å². The number of para-hydroxylation sites is 2.